The minimum Gasteiger partial charge on any atom is -0.497 e. The van der Waals surface area contributed by atoms with Crippen LogP contribution in [0.2, 0.25) is 0 Å². The van der Waals surface area contributed by atoms with Gasteiger partial charge in [-0.3, -0.25) is 9.59 Å². The third-order valence-electron chi connectivity index (χ3n) is 3.14. The van der Waals surface area contributed by atoms with Crippen LogP contribution in [-0.2, 0) is 0 Å². The highest BCUT2D eigenvalue weighted by atomic mass is 16.5. The van der Waals surface area contributed by atoms with Gasteiger partial charge in [0.2, 0.25) is 0 Å². The Kier molecular flexibility index (Phi) is 2.04. The number of methoxy groups -OCH3 is 1. The quantitative estimate of drug-likeness (QED) is 0.816. The van der Waals surface area contributed by atoms with Crippen molar-refractivity contribution in [3.8, 4) is 5.75 Å². The summed E-state index contributed by atoms with van der Waals surface area (Å²) in [6.07, 6.45) is 0.603. The van der Waals surface area contributed by atoms with Gasteiger partial charge in [0.1, 0.15) is 5.75 Å². The molecule has 0 saturated heterocycles. The van der Waals surface area contributed by atoms with Crippen molar-refractivity contribution < 1.29 is 14.3 Å². The summed E-state index contributed by atoms with van der Waals surface area (Å²) in [5.74, 6) is 0.721. The molecule has 0 amide bonds. The van der Waals surface area contributed by atoms with Gasteiger partial charge in [-0.05, 0) is 18.2 Å². The van der Waals surface area contributed by atoms with E-state index >= 15 is 0 Å². The average molecular weight is 229 g/mol. The van der Waals surface area contributed by atoms with E-state index in [1.165, 1.54) is 0 Å². The number of hydrogen-bond donors (Lipinski definition) is 1. The number of rotatable bonds is 1. The van der Waals surface area contributed by atoms with E-state index in [1.807, 2.05) is 6.07 Å². The van der Waals surface area contributed by atoms with E-state index in [2.05, 4.69) is 4.98 Å². The standard InChI is InChI=1S/C13H11NO3/c1-17-7-2-3-9-8(6-7)12-10(15)4-5-11(16)13(12)14-9/h2-3,6,14H,4-5H2,1H3. The molecular formula is C13H11NO3. The number of fused-ring (bicyclic) bond motifs is 3. The van der Waals surface area contributed by atoms with Crippen molar-refractivity contribution in [1.29, 1.82) is 0 Å². The molecule has 17 heavy (non-hydrogen) atoms. The van der Waals surface area contributed by atoms with Gasteiger partial charge in [-0.15, -0.1) is 0 Å². The van der Waals surface area contributed by atoms with Crippen LogP contribution in [0.15, 0.2) is 18.2 Å². The first kappa shape index (κ1) is 10.1. The maximum atomic E-state index is 11.9. The zero-order valence-electron chi connectivity index (χ0n) is 9.37. The van der Waals surface area contributed by atoms with E-state index in [-0.39, 0.29) is 11.6 Å². The van der Waals surface area contributed by atoms with Gasteiger partial charge < -0.3 is 9.72 Å². The monoisotopic (exact) mass is 229 g/mol. The number of nitrogens with one attached hydrogen (secondary N) is 1. The van der Waals surface area contributed by atoms with Crippen molar-refractivity contribution in [2.75, 3.05) is 7.11 Å². The Labute approximate surface area is 97.6 Å². The molecule has 1 aromatic carbocycles. The molecule has 4 nitrogen and oxygen atoms in total. The summed E-state index contributed by atoms with van der Waals surface area (Å²) in [4.78, 5) is 26.7. The van der Waals surface area contributed by atoms with E-state index < -0.39 is 0 Å². The van der Waals surface area contributed by atoms with Crippen LogP contribution in [0.5, 0.6) is 5.75 Å². The Hall–Kier alpha value is -2.10. The lowest BCUT2D eigenvalue weighted by molar-refractivity contribution is 0.0889. The third-order valence-corrected chi connectivity index (χ3v) is 3.14. The maximum Gasteiger partial charge on any atom is 0.180 e. The van der Waals surface area contributed by atoms with Gasteiger partial charge in [-0.2, -0.15) is 0 Å². The molecule has 1 aliphatic rings. The number of ether oxygens (including phenoxy) is 1. The molecule has 86 valence electrons. The summed E-state index contributed by atoms with van der Waals surface area (Å²) >= 11 is 0. The van der Waals surface area contributed by atoms with Gasteiger partial charge in [-0.1, -0.05) is 0 Å². The number of benzene rings is 1. The molecule has 0 unspecified atom stereocenters. The predicted octanol–water partition coefficient (Wildman–Crippen LogP) is 2.34. The van der Waals surface area contributed by atoms with Crippen molar-refractivity contribution in [2.45, 2.75) is 12.8 Å². The number of ketones is 2. The SMILES string of the molecule is COc1ccc2[nH]c3c(c2c1)C(=O)CCC3=O. The van der Waals surface area contributed by atoms with Crippen LogP contribution in [0.25, 0.3) is 10.9 Å². The van der Waals surface area contributed by atoms with E-state index in [1.54, 1.807) is 19.2 Å². The summed E-state index contributed by atoms with van der Waals surface area (Å²) in [6, 6.07) is 5.42. The van der Waals surface area contributed by atoms with E-state index in [9.17, 15) is 9.59 Å². The first-order valence-electron chi connectivity index (χ1n) is 5.47. The Balaban J connectivity index is 2.35. The fraction of sp³-hybridized carbons (Fsp3) is 0.231. The second-order valence-electron chi connectivity index (χ2n) is 4.13. The van der Waals surface area contributed by atoms with Crippen LogP contribution in [0.4, 0.5) is 0 Å². The fourth-order valence-electron chi connectivity index (χ4n) is 2.27. The Morgan fingerprint density at radius 2 is 1.94 bits per heavy atom. The topological polar surface area (TPSA) is 59.2 Å². The van der Waals surface area contributed by atoms with Gasteiger partial charge in [-0.25, -0.2) is 0 Å². The van der Waals surface area contributed by atoms with Gasteiger partial charge in [0.05, 0.1) is 18.4 Å². The number of carbonyl (C=O) groups excluding carboxylic acids is 2. The van der Waals surface area contributed by atoms with Gasteiger partial charge in [0.15, 0.2) is 11.6 Å². The molecule has 0 atom stereocenters. The molecule has 1 heterocycles. The summed E-state index contributed by atoms with van der Waals surface area (Å²) in [7, 11) is 1.58. The summed E-state index contributed by atoms with van der Waals surface area (Å²) in [5, 5.41) is 0.775. The second-order valence-corrected chi connectivity index (χ2v) is 4.13. The van der Waals surface area contributed by atoms with E-state index in [0.717, 1.165) is 10.9 Å². The van der Waals surface area contributed by atoms with Crippen molar-refractivity contribution in [1.82, 2.24) is 4.98 Å². The van der Waals surface area contributed by atoms with Gasteiger partial charge in [0.25, 0.3) is 0 Å². The highest BCUT2D eigenvalue weighted by molar-refractivity contribution is 6.20. The Morgan fingerprint density at radius 3 is 2.71 bits per heavy atom. The van der Waals surface area contributed by atoms with Gasteiger partial charge in [0, 0.05) is 23.7 Å². The molecule has 4 heteroatoms. The number of aromatic nitrogens is 1. The van der Waals surface area contributed by atoms with Crippen molar-refractivity contribution in [3.63, 3.8) is 0 Å². The highest BCUT2D eigenvalue weighted by Crippen LogP contribution is 2.31. The summed E-state index contributed by atoms with van der Waals surface area (Å²) in [6.45, 7) is 0. The molecule has 0 aliphatic heterocycles. The molecule has 0 bridgehead atoms. The summed E-state index contributed by atoms with van der Waals surface area (Å²) in [5.41, 5.74) is 1.78. The molecular weight excluding hydrogens is 218 g/mol. The smallest absolute Gasteiger partial charge is 0.180 e. The molecule has 0 spiro atoms. The average Bonchev–Trinajstić information content (AvgIpc) is 2.73. The molecule has 1 aromatic heterocycles. The minimum atomic E-state index is 0.00904. The normalized spacial score (nSPS) is 15.1. The predicted molar refractivity (Wildman–Crippen MR) is 62.7 cm³/mol. The zero-order chi connectivity index (χ0) is 12.0. The summed E-state index contributed by atoms with van der Waals surface area (Å²) < 4.78 is 5.13. The Bertz CT molecular complexity index is 639. The number of Topliss-reactive ketones (excluding diaryl/α,β-unsaturated/α-hetero) is 2. The van der Waals surface area contributed by atoms with E-state index in [4.69, 9.17) is 4.74 Å². The largest absolute Gasteiger partial charge is 0.497 e. The molecule has 1 aliphatic carbocycles. The minimum absolute atomic E-state index is 0.00904. The van der Waals surface area contributed by atoms with Crippen LogP contribution in [0, 0.1) is 0 Å². The van der Waals surface area contributed by atoms with E-state index in [0.29, 0.717) is 29.8 Å². The second kappa shape index (κ2) is 3.45. The zero-order valence-corrected chi connectivity index (χ0v) is 9.37. The first-order valence-corrected chi connectivity index (χ1v) is 5.47. The highest BCUT2D eigenvalue weighted by Gasteiger charge is 2.27. The van der Waals surface area contributed by atoms with Crippen LogP contribution in [0.1, 0.15) is 33.7 Å². The van der Waals surface area contributed by atoms with Crippen LogP contribution < -0.4 is 4.74 Å². The fourth-order valence-corrected chi connectivity index (χ4v) is 2.27. The lowest BCUT2D eigenvalue weighted by Crippen LogP contribution is -2.15. The number of aromatic amines is 1. The van der Waals surface area contributed by atoms with Crippen molar-refractivity contribution >= 4 is 22.5 Å². The number of H-pyrrole nitrogens is 1. The van der Waals surface area contributed by atoms with Crippen LogP contribution in [-0.4, -0.2) is 23.7 Å². The molecule has 0 fully saturated rings. The maximum absolute atomic E-state index is 11.9. The lowest BCUT2D eigenvalue weighted by atomic mass is 9.93. The molecule has 2 aromatic rings. The van der Waals surface area contributed by atoms with Crippen molar-refractivity contribution in [2.24, 2.45) is 0 Å². The molecule has 0 saturated carbocycles. The number of hydrogen-bond acceptors (Lipinski definition) is 3. The lowest BCUT2D eigenvalue weighted by Gasteiger charge is -2.08. The third kappa shape index (κ3) is 1.37. The first-order chi connectivity index (χ1) is 8.20. The van der Waals surface area contributed by atoms with Crippen molar-refractivity contribution in [3.05, 3.63) is 29.5 Å². The molecule has 3 rings (SSSR count). The number of carbonyl (C=O) groups is 2. The van der Waals surface area contributed by atoms with Crippen LogP contribution in [0.3, 0.4) is 0 Å². The van der Waals surface area contributed by atoms with Crippen LogP contribution >= 0.6 is 0 Å². The molecule has 1 N–H and O–H groups in total. The van der Waals surface area contributed by atoms with Gasteiger partial charge >= 0.3 is 0 Å². The molecule has 0 radical (unpaired) electrons. The Morgan fingerprint density at radius 1 is 1.18 bits per heavy atom.